The topological polar surface area (TPSA) is 195 Å². The summed E-state index contributed by atoms with van der Waals surface area (Å²) in [4.78, 5) is 75.5. The quantitative estimate of drug-likeness (QED) is 0.106. The van der Waals surface area contributed by atoms with Crippen molar-refractivity contribution in [3.63, 3.8) is 0 Å². The molecule has 0 unspecified atom stereocenters. The van der Waals surface area contributed by atoms with Gasteiger partial charge in [0.1, 0.15) is 23.7 Å². The van der Waals surface area contributed by atoms with Crippen LogP contribution in [0.5, 0.6) is 0 Å². The Kier molecular flexibility index (Phi) is 11.0. The van der Waals surface area contributed by atoms with Gasteiger partial charge in [-0.05, 0) is 96.9 Å². The fourth-order valence-corrected chi connectivity index (χ4v) is 11.7. The molecule has 6 heterocycles. The minimum Gasteiger partial charge on any atom is -0.465 e. The first-order valence-electron chi connectivity index (χ1n) is 23.5. The molecular weight excluding hydrogens is 841 g/mol. The summed E-state index contributed by atoms with van der Waals surface area (Å²) in [6.07, 6.45) is 8.31. The number of carbonyl (C=O) groups excluding carboxylic acids is 3. The Morgan fingerprint density at radius 2 is 1.24 bits per heavy atom. The van der Waals surface area contributed by atoms with Crippen LogP contribution in [0.25, 0.3) is 44.4 Å². The third-order valence-electron chi connectivity index (χ3n) is 15.4. The zero-order valence-corrected chi connectivity index (χ0v) is 37.2. The molecule has 2 aliphatic carbocycles. The summed E-state index contributed by atoms with van der Waals surface area (Å²) >= 11 is 0. The second kappa shape index (κ2) is 17.2. The molecule has 5 aromatic rings. The lowest BCUT2D eigenvalue weighted by Gasteiger charge is -2.38. The largest absolute Gasteiger partial charge is 0.465 e. The normalized spacial score (nSPS) is 25.8. The van der Waals surface area contributed by atoms with Gasteiger partial charge in [-0.2, -0.15) is 0 Å². The van der Waals surface area contributed by atoms with Gasteiger partial charge in [-0.25, -0.2) is 19.6 Å². The zero-order valence-electron chi connectivity index (χ0n) is 37.2. The van der Waals surface area contributed by atoms with Crippen LogP contribution in [0.15, 0.2) is 73.1 Å². The molecule has 6 fully saturated rings. The van der Waals surface area contributed by atoms with Crippen LogP contribution in [0.1, 0.15) is 75.1 Å². The van der Waals surface area contributed by atoms with Crippen molar-refractivity contribution >= 4 is 34.8 Å². The number of nitrogens with one attached hydrogen (secondary N) is 3. The third kappa shape index (κ3) is 7.66. The number of likely N-dealkylation sites (N-methyl/N-ethyl adjacent to an activating group) is 1. The van der Waals surface area contributed by atoms with E-state index in [0.29, 0.717) is 63.9 Å². The summed E-state index contributed by atoms with van der Waals surface area (Å²) in [6, 6.07) is 19.3. The van der Waals surface area contributed by atoms with Crippen molar-refractivity contribution in [1.29, 1.82) is 0 Å². The molecular formula is C50H56N8O8. The van der Waals surface area contributed by atoms with Crippen molar-refractivity contribution in [2.75, 3.05) is 40.6 Å². The number of methoxy groups -OCH3 is 1. The Bertz CT molecular complexity index is 2650. The molecule has 66 heavy (non-hydrogen) atoms. The van der Waals surface area contributed by atoms with E-state index in [1.54, 1.807) is 0 Å². The monoisotopic (exact) mass is 896 g/mol. The van der Waals surface area contributed by atoms with Crippen LogP contribution in [0, 0.1) is 23.7 Å². The number of piperidine rings is 2. The number of aromatic nitrogens is 4. The minimum absolute atomic E-state index is 0.0372. The number of carbonyl (C=O) groups is 4. The molecule has 16 heteroatoms. The Morgan fingerprint density at radius 1 is 0.712 bits per heavy atom. The van der Waals surface area contributed by atoms with Gasteiger partial charge in [-0.1, -0.05) is 60.7 Å². The number of nitrogens with zero attached hydrogens (tertiary/aromatic N) is 5. The van der Waals surface area contributed by atoms with Gasteiger partial charge >= 0.3 is 12.2 Å². The number of carboxylic acid groups (broad SMARTS) is 1. The predicted molar refractivity (Wildman–Crippen MR) is 243 cm³/mol. The average molecular weight is 897 g/mol. The standard InChI is InChI=1S/C50H56N8O8/c1-56(50(62)63)44(30-15-19-66-20-16-30)48(60)58-40-22-32(40)24-42(58)45-51-25-37(53-45)28-11-9-27(10-12-28)33-5-3-7-35-34(33)6-4-8-36(35)38-26-52-46(54-38)41-23-31-21-39(31)57(41)47(59)43(55-49(61)64-2)29-13-17-65-18-14-29/h3-12,25-26,29-32,39-44H,13-24H2,1-2H3,(H,51,53)(H,52,54)(H,55,61)(H,62,63)/t31-,32+,39+,40+,41-,42-,43-,44-/m0/s1. The number of hydrogen-bond acceptors (Lipinski definition) is 9. The lowest BCUT2D eigenvalue weighted by molar-refractivity contribution is -0.141. The smallest absolute Gasteiger partial charge is 0.407 e. The number of imidazole rings is 2. The van der Waals surface area contributed by atoms with Gasteiger partial charge < -0.3 is 44.4 Å². The summed E-state index contributed by atoms with van der Waals surface area (Å²) in [5, 5.41) is 15.0. The molecule has 2 saturated carbocycles. The number of hydrogen-bond donors (Lipinski definition) is 4. The van der Waals surface area contributed by atoms with Gasteiger partial charge in [-0.3, -0.25) is 14.5 Å². The van der Waals surface area contributed by atoms with E-state index in [2.05, 4.69) is 75.9 Å². The summed E-state index contributed by atoms with van der Waals surface area (Å²) in [6.45, 7) is 2.16. The van der Waals surface area contributed by atoms with Gasteiger partial charge in [0.05, 0.1) is 30.6 Å². The van der Waals surface area contributed by atoms with E-state index in [1.165, 1.54) is 19.1 Å². The second-order valence-corrected chi connectivity index (χ2v) is 19.1. The molecule has 4 amide bonds. The number of aromatic amines is 2. The summed E-state index contributed by atoms with van der Waals surface area (Å²) in [5.74, 6) is 1.92. The number of rotatable bonds is 11. The maximum Gasteiger partial charge on any atom is 0.407 e. The predicted octanol–water partition coefficient (Wildman–Crippen LogP) is 7.17. The molecule has 344 valence electrons. The molecule has 0 radical (unpaired) electrons. The first-order valence-corrected chi connectivity index (χ1v) is 23.5. The van der Waals surface area contributed by atoms with Crippen LogP contribution in [0.3, 0.4) is 0 Å². The van der Waals surface area contributed by atoms with E-state index < -0.39 is 24.3 Å². The number of ether oxygens (including phenoxy) is 3. The Balaban J connectivity index is 0.818. The van der Waals surface area contributed by atoms with Gasteiger partial charge in [0, 0.05) is 69.1 Å². The Labute approximate surface area is 382 Å². The molecule has 11 rings (SSSR count). The van der Waals surface area contributed by atoms with Crippen molar-refractivity contribution in [3.8, 4) is 33.6 Å². The zero-order chi connectivity index (χ0) is 45.2. The van der Waals surface area contributed by atoms with E-state index in [0.717, 1.165) is 81.7 Å². The van der Waals surface area contributed by atoms with E-state index in [1.807, 2.05) is 22.2 Å². The number of fused-ring (bicyclic) bond motifs is 3. The molecule has 6 aliphatic rings. The van der Waals surface area contributed by atoms with E-state index >= 15 is 0 Å². The van der Waals surface area contributed by atoms with Crippen molar-refractivity contribution in [2.45, 2.75) is 87.6 Å². The van der Waals surface area contributed by atoms with E-state index in [9.17, 15) is 24.3 Å². The lowest BCUT2D eigenvalue weighted by atomic mass is 9.89. The summed E-state index contributed by atoms with van der Waals surface area (Å²) in [7, 11) is 2.83. The molecule has 3 aromatic carbocycles. The maximum atomic E-state index is 14.4. The number of H-pyrrole nitrogens is 2. The highest BCUT2D eigenvalue weighted by molar-refractivity contribution is 6.04. The highest BCUT2D eigenvalue weighted by Crippen LogP contribution is 2.55. The fraction of sp³-hybridized carbons (Fsp3) is 0.480. The van der Waals surface area contributed by atoms with Crippen LogP contribution in [0.4, 0.5) is 9.59 Å². The SMILES string of the molecule is COC(=O)N[C@H](C(=O)N1[C@@H]2C[C@H]2C[C@H]1c1nc(-c2cccc3c(-c4ccc(-c5c[nH]c([C@@H]6C[C@H]7C[C@H]7N6C(=O)[C@H](C6CCOCC6)N(C)C(=O)O)n5)cc4)cccc23)c[nH]1)C1CCOCC1. The average Bonchev–Trinajstić information content (AvgIpc) is 3.93. The minimum atomic E-state index is -1.10. The van der Waals surface area contributed by atoms with Crippen molar-refractivity contribution in [3.05, 3.63) is 84.7 Å². The summed E-state index contributed by atoms with van der Waals surface area (Å²) < 4.78 is 16.1. The first kappa shape index (κ1) is 42.4. The molecule has 16 nitrogen and oxygen atoms in total. The number of alkyl carbamates (subject to hydrolysis) is 1. The molecule has 0 spiro atoms. The molecule has 2 aromatic heterocycles. The highest BCUT2D eigenvalue weighted by Gasteiger charge is 2.58. The van der Waals surface area contributed by atoms with Crippen molar-refractivity contribution in [1.82, 2.24) is 40.0 Å². The van der Waals surface area contributed by atoms with Crippen molar-refractivity contribution < 1.29 is 38.5 Å². The fourth-order valence-electron chi connectivity index (χ4n) is 11.7. The lowest BCUT2D eigenvalue weighted by Crippen LogP contribution is -2.54. The molecule has 8 atom stereocenters. The van der Waals surface area contributed by atoms with E-state index in [-0.39, 0.29) is 47.8 Å². The molecule has 4 saturated heterocycles. The maximum absolute atomic E-state index is 14.4. The van der Waals surface area contributed by atoms with Crippen molar-refractivity contribution in [2.24, 2.45) is 23.7 Å². The molecule has 4 N–H and O–H groups in total. The van der Waals surface area contributed by atoms with Gasteiger partial charge in [0.25, 0.3) is 0 Å². The first-order chi connectivity index (χ1) is 32.2. The number of amides is 4. The van der Waals surface area contributed by atoms with Crippen LogP contribution in [-0.4, -0.2) is 128 Å². The Hall–Kier alpha value is -6.26. The van der Waals surface area contributed by atoms with Crippen LogP contribution in [-0.2, 0) is 23.8 Å². The van der Waals surface area contributed by atoms with Gasteiger partial charge in [0.2, 0.25) is 11.8 Å². The van der Waals surface area contributed by atoms with E-state index in [4.69, 9.17) is 24.2 Å². The van der Waals surface area contributed by atoms with Gasteiger partial charge in [0.15, 0.2) is 0 Å². The highest BCUT2D eigenvalue weighted by atomic mass is 16.5. The second-order valence-electron chi connectivity index (χ2n) is 19.1. The third-order valence-corrected chi connectivity index (χ3v) is 15.4. The van der Waals surface area contributed by atoms with Crippen LogP contribution >= 0.6 is 0 Å². The summed E-state index contributed by atoms with van der Waals surface area (Å²) in [5.41, 5.74) is 5.63. The Morgan fingerprint density at radius 3 is 1.85 bits per heavy atom. The molecule has 0 bridgehead atoms. The van der Waals surface area contributed by atoms with Gasteiger partial charge in [-0.15, -0.1) is 0 Å². The molecule has 4 aliphatic heterocycles. The number of benzene rings is 3. The van der Waals surface area contributed by atoms with Crippen LogP contribution in [0.2, 0.25) is 0 Å². The van der Waals surface area contributed by atoms with Crippen LogP contribution < -0.4 is 5.32 Å². The number of likely N-dealkylation sites (tertiary alicyclic amines) is 2.